The van der Waals surface area contributed by atoms with Gasteiger partial charge in [-0.15, -0.1) is 0 Å². The van der Waals surface area contributed by atoms with E-state index in [-0.39, 0.29) is 17.0 Å². The number of benzene rings is 1. The summed E-state index contributed by atoms with van der Waals surface area (Å²) in [6.45, 7) is -0.612. The lowest BCUT2D eigenvalue weighted by Gasteiger charge is -2.09. The van der Waals surface area contributed by atoms with Crippen molar-refractivity contribution < 1.29 is 35.9 Å². The SMILES string of the molecule is CCNS(=O)(=O)c1ccc(C(=O)OCC(=O)NCC(F)(F)F)cc1. The quantitative estimate of drug-likeness (QED) is 0.694. The first-order valence-corrected chi connectivity index (χ1v) is 8.14. The highest BCUT2D eigenvalue weighted by molar-refractivity contribution is 7.89. The largest absolute Gasteiger partial charge is 0.452 e. The summed E-state index contributed by atoms with van der Waals surface area (Å²) in [6, 6.07) is 4.66. The van der Waals surface area contributed by atoms with Crippen LogP contribution in [0.4, 0.5) is 13.2 Å². The van der Waals surface area contributed by atoms with Gasteiger partial charge in [-0.2, -0.15) is 13.2 Å². The van der Waals surface area contributed by atoms with Crippen LogP contribution >= 0.6 is 0 Å². The van der Waals surface area contributed by atoms with Crippen LogP contribution in [0.5, 0.6) is 0 Å². The van der Waals surface area contributed by atoms with Crippen molar-refractivity contribution in [2.24, 2.45) is 0 Å². The summed E-state index contributed by atoms with van der Waals surface area (Å²) in [5, 5.41) is 1.54. The van der Waals surface area contributed by atoms with E-state index in [0.29, 0.717) is 0 Å². The maximum atomic E-state index is 11.9. The fraction of sp³-hybridized carbons (Fsp3) is 0.385. The van der Waals surface area contributed by atoms with E-state index >= 15 is 0 Å². The van der Waals surface area contributed by atoms with Gasteiger partial charge in [0.25, 0.3) is 5.91 Å². The summed E-state index contributed by atoms with van der Waals surface area (Å²) in [7, 11) is -3.67. The van der Waals surface area contributed by atoms with Crippen LogP contribution in [0.15, 0.2) is 29.2 Å². The van der Waals surface area contributed by atoms with Gasteiger partial charge in [-0.05, 0) is 24.3 Å². The molecule has 1 aromatic rings. The predicted octanol–water partition coefficient (Wildman–Crippen LogP) is 0.820. The number of halogens is 3. The van der Waals surface area contributed by atoms with Crippen molar-refractivity contribution in [2.45, 2.75) is 18.0 Å². The van der Waals surface area contributed by atoms with E-state index in [1.807, 2.05) is 0 Å². The third-order valence-corrected chi connectivity index (χ3v) is 4.12. The Morgan fingerprint density at radius 1 is 1.17 bits per heavy atom. The summed E-state index contributed by atoms with van der Waals surface area (Å²) in [4.78, 5) is 22.7. The molecule has 2 N–H and O–H groups in total. The maximum absolute atomic E-state index is 11.9. The van der Waals surface area contributed by atoms with Gasteiger partial charge in [-0.1, -0.05) is 6.92 Å². The molecule has 24 heavy (non-hydrogen) atoms. The van der Waals surface area contributed by atoms with Crippen molar-refractivity contribution in [1.82, 2.24) is 10.0 Å². The second kappa shape index (κ2) is 8.11. The normalized spacial score (nSPS) is 11.8. The first-order chi connectivity index (χ1) is 11.0. The number of hydrogen-bond acceptors (Lipinski definition) is 5. The summed E-state index contributed by atoms with van der Waals surface area (Å²) >= 11 is 0. The van der Waals surface area contributed by atoms with Crippen molar-refractivity contribution in [1.29, 1.82) is 0 Å². The minimum Gasteiger partial charge on any atom is -0.452 e. The lowest BCUT2D eigenvalue weighted by molar-refractivity contribution is -0.140. The van der Waals surface area contributed by atoms with Crippen molar-refractivity contribution in [3.05, 3.63) is 29.8 Å². The molecule has 0 saturated heterocycles. The third-order valence-electron chi connectivity index (χ3n) is 2.56. The van der Waals surface area contributed by atoms with Crippen LogP contribution in [0.1, 0.15) is 17.3 Å². The van der Waals surface area contributed by atoms with Gasteiger partial charge in [-0.3, -0.25) is 4.79 Å². The van der Waals surface area contributed by atoms with Gasteiger partial charge in [0.15, 0.2) is 6.61 Å². The summed E-state index contributed by atoms with van der Waals surface area (Å²) in [5.41, 5.74) is -0.0472. The molecule has 0 spiro atoms. The first-order valence-electron chi connectivity index (χ1n) is 6.65. The lowest BCUT2D eigenvalue weighted by atomic mass is 10.2. The number of rotatable bonds is 7. The monoisotopic (exact) mass is 368 g/mol. The van der Waals surface area contributed by atoms with Crippen LogP contribution in [0.2, 0.25) is 0 Å². The fourth-order valence-electron chi connectivity index (χ4n) is 1.51. The maximum Gasteiger partial charge on any atom is 0.405 e. The van der Waals surface area contributed by atoms with Gasteiger partial charge in [-0.25, -0.2) is 17.9 Å². The molecule has 0 atom stereocenters. The number of hydrogen-bond donors (Lipinski definition) is 2. The third kappa shape index (κ3) is 6.54. The summed E-state index contributed by atoms with van der Waals surface area (Å²) < 4.78 is 65.9. The molecule has 0 unspecified atom stereocenters. The molecule has 1 aromatic carbocycles. The van der Waals surface area contributed by atoms with Gasteiger partial charge < -0.3 is 10.1 Å². The smallest absolute Gasteiger partial charge is 0.405 e. The number of carbonyl (C=O) groups excluding carboxylic acids is 2. The second-order valence-corrected chi connectivity index (χ2v) is 6.26. The molecule has 1 amide bonds. The van der Waals surface area contributed by atoms with E-state index in [1.165, 1.54) is 12.1 Å². The Labute approximate surface area is 136 Å². The molecule has 0 aliphatic heterocycles. The molecule has 1 rings (SSSR count). The minimum absolute atomic E-state index is 0.0472. The number of nitrogens with one attached hydrogen (secondary N) is 2. The highest BCUT2D eigenvalue weighted by Crippen LogP contribution is 2.12. The van der Waals surface area contributed by atoms with E-state index < -0.39 is 41.2 Å². The van der Waals surface area contributed by atoms with Crippen molar-refractivity contribution in [3.63, 3.8) is 0 Å². The lowest BCUT2D eigenvalue weighted by Crippen LogP contribution is -2.36. The molecule has 0 radical (unpaired) electrons. The number of carbonyl (C=O) groups is 2. The average Bonchev–Trinajstić information content (AvgIpc) is 2.50. The number of alkyl halides is 3. The molecule has 7 nitrogen and oxygen atoms in total. The second-order valence-electron chi connectivity index (χ2n) is 4.49. The van der Waals surface area contributed by atoms with Crippen molar-refractivity contribution in [3.8, 4) is 0 Å². The molecule has 0 bridgehead atoms. The summed E-state index contributed by atoms with van der Waals surface area (Å²) in [6.07, 6.45) is -4.56. The number of esters is 1. The van der Waals surface area contributed by atoms with Crippen LogP contribution in [-0.2, 0) is 19.6 Å². The molecule has 0 heterocycles. The van der Waals surface area contributed by atoms with E-state index in [9.17, 15) is 31.2 Å². The molecule has 0 saturated carbocycles. The Balaban J connectivity index is 2.59. The van der Waals surface area contributed by atoms with Crippen molar-refractivity contribution >= 4 is 21.9 Å². The Hall–Kier alpha value is -2.14. The van der Waals surface area contributed by atoms with E-state index in [0.717, 1.165) is 12.1 Å². The standard InChI is InChI=1S/C13H15F3N2O5S/c1-2-18-24(21,22)10-5-3-9(4-6-10)12(20)23-7-11(19)17-8-13(14,15)16/h3-6,18H,2,7-8H2,1H3,(H,17,19). The van der Waals surface area contributed by atoms with E-state index in [2.05, 4.69) is 9.46 Å². The zero-order valence-electron chi connectivity index (χ0n) is 12.5. The topological polar surface area (TPSA) is 102 Å². The Morgan fingerprint density at radius 3 is 2.25 bits per heavy atom. The van der Waals surface area contributed by atoms with Gasteiger partial charge >= 0.3 is 12.1 Å². The minimum atomic E-state index is -4.56. The molecular formula is C13H15F3N2O5S. The highest BCUT2D eigenvalue weighted by atomic mass is 32.2. The van der Waals surface area contributed by atoms with Gasteiger partial charge in [0, 0.05) is 6.54 Å². The van der Waals surface area contributed by atoms with Crippen LogP contribution in [-0.4, -0.2) is 46.2 Å². The van der Waals surface area contributed by atoms with Crippen molar-refractivity contribution in [2.75, 3.05) is 19.7 Å². The Bertz CT molecular complexity index is 687. The molecule has 0 aliphatic carbocycles. The van der Waals surface area contributed by atoms with Gasteiger partial charge in [0.1, 0.15) is 6.54 Å². The first kappa shape index (κ1) is 19.9. The Kier molecular flexibility index (Phi) is 6.72. The number of sulfonamides is 1. The number of amides is 1. The summed E-state index contributed by atoms with van der Waals surface area (Å²) in [5.74, 6) is -2.07. The zero-order chi connectivity index (χ0) is 18.4. The zero-order valence-corrected chi connectivity index (χ0v) is 13.3. The Morgan fingerprint density at radius 2 is 1.75 bits per heavy atom. The fourth-order valence-corrected chi connectivity index (χ4v) is 2.55. The van der Waals surface area contributed by atoms with Crippen LogP contribution in [0.3, 0.4) is 0 Å². The van der Waals surface area contributed by atoms with Gasteiger partial charge in [0.05, 0.1) is 10.5 Å². The molecule has 0 aliphatic rings. The predicted molar refractivity (Wildman–Crippen MR) is 76.7 cm³/mol. The van der Waals surface area contributed by atoms with Crippen LogP contribution in [0, 0.1) is 0 Å². The number of ether oxygens (including phenoxy) is 1. The average molecular weight is 368 g/mol. The van der Waals surface area contributed by atoms with Crippen LogP contribution in [0.25, 0.3) is 0 Å². The van der Waals surface area contributed by atoms with Gasteiger partial charge in [0.2, 0.25) is 10.0 Å². The molecule has 11 heteroatoms. The highest BCUT2D eigenvalue weighted by Gasteiger charge is 2.27. The molecule has 0 fully saturated rings. The van der Waals surface area contributed by atoms with E-state index in [4.69, 9.17) is 0 Å². The van der Waals surface area contributed by atoms with E-state index in [1.54, 1.807) is 12.2 Å². The molecule has 0 aromatic heterocycles. The molecular weight excluding hydrogens is 353 g/mol. The molecule has 134 valence electrons. The van der Waals surface area contributed by atoms with Crippen LogP contribution < -0.4 is 10.0 Å².